The lowest BCUT2D eigenvalue weighted by molar-refractivity contribution is -0.142. The Bertz CT molecular complexity index is 4630. The molecule has 30 heteroatoms. The van der Waals surface area contributed by atoms with Gasteiger partial charge in [0.25, 0.3) is 0 Å². The predicted molar refractivity (Wildman–Crippen MR) is 427 cm³/mol. The number of rotatable bonds is 38. The van der Waals surface area contributed by atoms with Gasteiger partial charge in [-0.3, -0.25) is 57.7 Å². The van der Waals surface area contributed by atoms with Crippen LogP contribution >= 0.6 is 11.6 Å². The highest BCUT2D eigenvalue weighted by Gasteiger charge is 2.41. The standard InChI is InChI=1S/C82H101ClN16O13/c1-7-85-82(86-8-2)87-35-15-23-63(81(112)99-36-16-24-71(99)80(111)89-48(5)72(84)103)92-73(104)64(37-47(3)4)93-77(108)68(43-56-45-88-62-22-14-12-20-60(56)62)96-75(106)67(40-51-28-33-59(102)34-29-51)95-79(110)70(46-100)98-78(109)69(44-58-42-55-19-11-13-21-61(55)91-58)97-76(107)66(39-50-26-31-57(83)32-27-50)94-74(105)65(90-49(6)101)41-52-25-30-53-17-9-10-18-54(53)38-52/h9-14,17-22,25-34,38,42,45,47-48,63-71,88,91,100,102H,7-8,15-16,23-24,35-37,39-41,43-44,46H2,1-6H3,(H2,84,103)(H,89,111)(H,90,101)(H,92,104)(H,93,108)(H,94,105)(H,95,110)(H,96,106)(H,97,107)(H,98,109)(H2,85,86,87)/t48-,63+,64+,65-,66-,67+,68-,69-,70+,71+/m1/s1. The van der Waals surface area contributed by atoms with Gasteiger partial charge < -0.3 is 89.3 Å². The number of carbonyl (C=O) groups is 11. The average molecular weight is 1550 g/mol. The number of aromatic hydroxyl groups is 1. The first kappa shape index (κ1) is 84.2. The van der Waals surface area contributed by atoms with Crippen molar-refractivity contribution in [2.45, 2.75) is 166 Å². The van der Waals surface area contributed by atoms with Crippen molar-refractivity contribution in [2.75, 3.05) is 32.8 Å². The van der Waals surface area contributed by atoms with Crippen LogP contribution in [0.4, 0.5) is 0 Å². The number of nitrogens with one attached hydrogen (secondary N) is 13. The molecule has 594 valence electrons. The molecule has 1 aliphatic rings. The van der Waals surface area contributed by atoms with Crippen LogP contribution in [0.1, 0.15) is 102 Å². The monoisotopic (exact) mass is 1550 g/mol. The molecule has 9 rings (SSSR count). The van der Waals surface area contributed by atoms with E-state index in [-0.39, 0.29) is 69.6 Å². The molecule has 3 heterocycles. The van der Waals surface area contributed by atoms with E-state index in [0.717, 1.165) is 16.2 Å². The number of aliphatic hydroxyl groups is 1. The average Bonchev–Trinajstić information content (AvgIpc) is 1.71. The molecule has 0 radical (unpaired) electrons. The van der Waals surface area contributed by atoms with E-state index in [1.54, 1.807) is 48.7 Å². The maximum absolute atomic E-state index is 15.4. The van der Waals surface area contributed by atoms with Gasteiger partial charge in [0.05, 0.1) is 6.61 Å². The van der Waals surface area contributed by atoms with E-state index in [2.05, 4.69) is 73.4 Å². The molecule has 0 unspecified atom stereocenters. The van der Waals surface area contributed by atoms with E-state index in [9.17, 15) is 39.0 Å². The van der Waals surface area contributed by atoms with E-state index in [1.165, 1.54) is 43.0 Å². The molecule has 112 heavy (non-hydrogen) atoms. The minimum Gasteiger partial charge on any atom is -0.508 e. The summed E-state index contributed by atoms with van der Waals surface area (Å²) >= 11 is 6.29. The van der Waals surface area contributed by atoms with E-state index in [4.69, 9.17) is 17.3 Å². The molecule has 17 N–H and O–H groups in total. The second kappa shape index (κ2) is 40.7. The third kappa shape index (κ3) is 24.1. The second-order valence-corrected chi connectivity index (χ2v) is 28.9. The molecule has 8 aromatic rings. The van der Waals surface area contributed by atoms with E-state index >= 15 is 24.0 Å². The summed E-state index contributed by atoms with van der Waals surface area (Å²) in [7, 11) is 0. The number of para-hydroxylation sites is 2. The lowest BCUT2D eigenvalue weighted by atomic mass is 9.99. The topological polar surface area (TPSA) is 434 Å². The van der Waals surface area contributed by atoms with Gasteiger partial charge in [-0.05, 0) is 140 Å². The van der Waals surface area contributed by atoms with Crippen molar-refractivity contribution < 1.29 is 63.0 Å². The Morgan fingerprint density at radius 2 is 1.08 bits per heavy atom. The molecule has 29 nitrogen and oxygen atoms in total. The highest BCUT2D eigenvalue weighted by atomic mass is 35.5. The highest BCUT2D eigenvalue weighted by molar-refractivity contribution is 6.30. The van der Waals surface area contributed by atoms with Crippen LogP contribution in [-0.4, -0.2) is 189 Å². The van der Waals surface area contributed by atoms with Crippen molar-refractivity contribution in [3.63, 3.8) is 0 Å². The number of H-pyrrole nitrogens is 2. The fraction of sp³-hybridized carbons (Fsp3) is 0.390. The van der Waals surface area contributed by atoms with Gasteiger partial charge in [-0.15, -0.1) is 0 Å². The van der Waals surface area contributed by atoms with Gasteiger partial charge in [0, 0.05) is 98.5 Å². The maximum atomic E-state index is 15.4. The van der Waals surface area contributed by atoms with Crippen LogP contribution in [0.5, 0.6) is 5.75 Å². The molecule has 6 aromatic carbocycles. The number of hydrogen-bond donors (Lipinski definition) is 16. The SMILES string of the molecule is CCN=C(NCC)NCCC[C@H](NC(=O)[C@H](CC(C)C)NC(=O)[C@@H](Cc1c[nH]c2ccccc12)NC(=O)[C@H](Cc1ccc(O)cc1)NC(=O)[C@H](CO)NC(=O)[C@@H](Cc1cc2ccccc2[nH]1)NC(=O)[C@@H](Cc1ccc(Cl)cc1)NC(=O)[C@@H](Cc1ccc2ccccc2c1)NC(C)=O)C(=O)N1CCC[C@H]1C(=O)N[C@H](C)C(N)=O. The first-order chi connectivity index (χ1) is 53.8. The molecular weight excluding hydrogens is 1450 g/mol. The number of aromatic nitrogens is 2. The number of halogens is 1. The third-order valence-corrected chi connectivity index (χ3v) is 19.6. The van der Waals surface area contributed by atoms with Crippen LogP contribution in [0.3, 0.4) is 0 Å². The number of primary amides is 1. The number of likely N-dealkylation sites (tertiary alicyclic amines) is 1. The van der Waals surface area contributed by atoms with Crippen LogP contribution in [0, 0.1) is 5.92 Å². The number of nitrogens with two attached hydrogens (primary N) is 1. The van der Waals surface area contributed by atoms with Gasteiger partial charge in [0.1, 0.15) is 66.2 Å². The number of guanidine groups is 1. The zero-order chi connectivity index (χ0) is 80.5. The van der Waals surface area contributed by atoms with Crippen molar-refractivity contribution in [3.05, 3.63) is 185 Å². The smallest absolute Gasteiger partial charge is 0.245 e. The van der Waals surface area contributed by atoms with Crippen molar-refractivity contribution >= 4 is 115 Å². The summed E-state index contributed by atoms with van der Waals surface area (Å²) in [5.74, 6) is -8.48. The fourth-order valence-electron chi connectivity index (χ4n) is 13.6. The highest BCUT2D eigenvalue weighted by Crippen LogP contribution is 2.25. The van der Waals surface area contributed by atoms with Gasteiger partial charge in [0.2, 0.25) is 65.0 Å². The number of aliphatic imine (C=N–C) groups is 1. The van der Waals surface area contributed by atoms with Gasteiger partial charge in [-0.2, -0.15) is 0 Å². The van der Waals surface area contributed by atoms with E-state index in [1.807, 2.05) is 107 Å². The number of amides is 11. The molecule has 1 saturated heterocycles. The first-order valence-corrected chi connectivity index (χ1v) is 38.2. The number of nitrogens with zero attached hydrogens (tertiary/aromatic N) is 2. The predicted octanol–water partition coefficient (Wildman–Crippen LogP) is 3.95. The van der Waals surface area contributed by atoms with E-state index in [0.29, 0.717) is 87.8 Å². The summed E-state index contributed by atoms with van der Waals surface area (Å²) in [6.07, 6.45) is 1.96. The largest absolute Gasteiger partial charge is 0.508 e. The fourth-order valence-corrected chi connectivity index (χ4v) is 13.7. The Morgan fingerprint density at radius 3 is 1.68 bits per heavy atom. The van der Waals surface area contributed by atoms with Crippen LogP contribution in [0.2, 0.25) is 5.02 Å². The molecular formula is C82H101ClN16O13. The van der Waals surface area contributed by atoms with Crippen molar-refractivity contribution in [3.8, 4) is 5.75 Å². The van der Waals surface area contributed by atoms with E-state index < -0.39 is 132 Å². The quantitative estimate of drug-likeness (QED) is 0.0148. The maximum Gasteiger partial charge on any atom is 0.245 e. The molecule has 0 spiro atoms. The lowest BCUT2D eigenvalue weighted by Crippen LogP contribution is -2.62. The van der Waals surface area contributed by atoms with Crippen LogP contribution in [0.25, 0.3) is 32.6 Å². The van der Waals surface area contributed by atoms with Crippen molar-refractivity contribution in [2.24, 2.45) is 16.6 Å². The van der Waals surface area contributed by atoms with Crippen molar-refractivity contribution in [1.82, 2.24) is 73.4 Å². The normalized spacial score (nSPS) is 15.3. The molecule has 11 amide bonds. The number of benzene rings is 6. The first-order valence-electron chi connectivity index (χ1n) is 37.8. The molecule has 0 bridgehead atoms. The number of fused-ring (bicyclic) bond motifs is 3. The number of hydrogen-bond acceptors (Lipinski definition) is 14. The molecule has 0 saturated carbocycles. The summed E-state index contributed by atoms with van der Waals surface area (Å²) in [6.45, 7) is 10.6. The number of carbonyl (C=O) groups excluding carboxylic acids is 11. The molecule has 2 aromatic heterocycles. The van der Waals surface area contributed by atoms with Crippen LogP contribution in [-0.2, 0) is 84.8 Å². The number of phenols is 1. The zero-order valence-electron chi connectivity index (χ0n) is 63.6. The van der Waals surface area contributed by atoms with Gasteiger partial charge in [-0.1, -0.05) is 129 Å². The summed E-state index contributed by atoms with van der Waals surface area (Å²) < 4.78 is 0. The number of aromatic amines is 2. The van der Waals surface area contributed by atoms with Crippen LogP contribution in [0.15, 0.2) is 157 Å². The van der Waals surface area contributed by atoms with Crippen LogP contribution < -0.4 is 64.2 Å². The van der Waals surface area contributed by atoms with Gasteiger partial charge >= 0.3 is 0 Å². The summed E-state index contributed by atoms with van der Waals surface area (Å²) in [6, 6.07) is 28.1. The summed E-state index contributed by atoms with van der Waals surface area (Å²) in [4.78, 5) is 171. The molecule has 1 aliphatic heterocycles. The lowest BCUT2D eigenvalue weighted by Gasteiger charge is -2.31. The molecule has 10 atom stereocenters. The zero-order valence-corrected chi connectivity index (χ0v) is 64.4. The Morgan fingerprint density at radius 1 is 0.562 bits per heavy atom. The summed E-state index contributed by atoms with van der Waals surface area (Å²) in [5.41, 5.74) is 9.57. The Hall–Kier alpha value is -11.9. The van der Waals surface area contributed by atoms with Gasteiger partial charge in [0.15, 0.2) is 5.96 Å². The second-order valence-electron chi connectivity index (χ2n) is 28.5. The molecule has 0 aliphatic carbocycles. The minimum absolute atomic E-state index is 0.0292. The van der Waals surface area contributed by atoms with Crippen molar-refractivity contribution in [1.29, 1.82) is 0 Å². The Balaban J connectivity index is 0.984. The number of aliphatic hydroxyl groups excluding tert-OH is 1. The third-order valence-electron chi connectivity index (χ3n) is 19.3. The summed E-state index contributed by atoms with van der Waals surface area (Å²) in [5, 5.41) is 56.4. The minimum atomic E-state index is -1.83. The Kier molecular flexibility index (Phi) is 30.6. The van der Waals surface area contributed by atoms with Gasteiger partial charge in [-0.25, -0.2) is 0 Å². The number of phenolic OH excluding ortho intramolecular Hbond substituents is 1. The Labute approximate surface area is 654 Å². The molecule has 1 fully saturated rings.